The second kappa shape index (κ2) is 11.6. The molecule has 0 aliphatic heterocycles. The van der Waals surface area contributed by atoms with Crippen LogP contribution in [0.25, 0.3) is 32.6 Å². The smallest absolute Gasteiger partial charge is 0.336 e. The summed E-state index contributed by atoms with van der Waals surface area (Å²) in [6, 6.07) is 27.8. The molecule has 0 atom stereocenters. The highest BCUT2D eigenvalue weighted by Crippen LogP contribution is 2.24. The number of urea groups is 1. The SMILES string of the molecule is Br.O=C(CNN(CC(=O)c1c[nH]c2ccccc12)C(=O)Nc1cccc2ccccc12)c1c[nH]c2ccccc12. The third kappa shape index (κ3) is 5.25. The maximum atomic E-state index is 13.5. The Labute approximate surface area is 240 Å². The van der Waals surface area contributed by atoms with Gasteiger partial charge in [-0.25, -0.2) is 10.2 Å². The minimum Gasteiger partial charge on any atom is -0.360 e. The van der Waals surface area contributed by atoms with Crippen LogP contribution in [0.3, 0.4) is 0 Å². The van der Waals surface area contributed by atoms with E-state index in [0.717, 1.165) is 32.6 Å². The van der Waals surface area contributed by atoms with Gasteiger partial charge in [0.25, 0.3) is 0 Å². The molecule has 0 saturated carbocycles. The van der Waals surface area contributed by atoms with Gasteiger partial charge >= 0.3 is 6.03 Å². The van der Waals surface area contributed by atoms with E-state index < -0.39 is 6.03 Å². The van der Waals surface area contributed by atoms with Crippen LogP contribution in [0.15, 0.2) is 103 Å². The molecule has 0 aliphatic carbocycles. The van der Waals surface area contributed by atoms with Crippen molar-refractivity contribution in [2.75, 3.05) is 18.4 Å². The van der Waals surface area contributed by atoms with Gasteiger partial charge < -0.3 is 15.3 Å². The lowest BCUT2D eigenvalue weighted by atomic mass is 10.1. The molecule has 0 aliphatic rings. The number of carbonyl (C=O) groups is 3. The van der Waals surface area contributed by atoms with Crippen molar-refractivity contribution in [3.05, 3.63) is 115 Å². The summed E-state index contributed by atoms with van der Waals surface area (Å²) in [7, 11) is 0. The summed E-state index contributed by atoms with van der Waals surface area (Å²) >= 11 is 0. The number of nitrogens with one attached hydrogen (secondary N) is 4. The number of anilines is 1. The van der Waals surface area contributed by atoms with Crippen molar-refractivity contribution in [2.45, 2.75) is 0 Å². The summed E-state index contributed by atoms with van der Waals surface area (Å²) in [5, 5.41) is 7.48. The van der Waals surface area contributed by atoms with Crippen LogP contribution < -0.4 is 10.7 Å². The van der Waals surface area contributed by atoms with Gasteiger partial charge in [0.05, 0.1) is 12.2 Å². The largest absolute Gasteiger partial charge is 0.360 e. The van der Waals surface area contributed by atoms with E-state index in [0.29, 0.717) is 16.8 Å². The van der Waals surface area contributed by atoms with Gasteiger partial charge in [-0.1, -0.05) is 72.8 Å². The molecule has 4 aromatic carbocycles. The number of fused-ring (bicyclic) bond motifs is 3. The van der Waals surface area contributed by atoms with Crippen LogP contribution in [-0.2, 0) is 0 Å². The molecule has 0 bridgehead atoms. The number of aromatic amines is 2. The average Bonchev–Trinajstić information content (AvgIpc) is 3.60. The second-order valence-corrected chi connectivity index (χ2v) is 9.22. The summed E-state index contributed by atoms with van der Waals surface area (Å²) in [4.78, 5) is 46.2. The zero-order chi connectivity index (χ0) is 26.8. The lowest BCUT2D eigenvalue weighted by molar-refractivity contribution is 0.0881. The molecule has 0 radical (unpaired) electrons. The fourth-order valence-electron chi connectivity index (χ4n) is 4.81. The van der Waals surface area contributed by atoms with E-state index in [-0.39, 0.29) is 41.6 Å². The van der Waals surface area contributed by atoms with E-state index in [9.17, 15) is 14.4 Å². The Balaban J connectivity index is 0.00000323. The Kier molecular flexibility index (Phi) is 7.77. The first-order chi connectivity index (χ1) is 19.1. The van der Waals surface area contributed by atoms with Gasteiger partial charge in [-0.3, -0.25) is 14.6 Å². The van der Waals surface area contributed by atoms with E-state index in [1.807, 2.05) is 84.9 Å². The Bertz CT molecular complexity index is 1850. The third-order valence-electron chi connectivity index (χ3n) is 6.79. The molecular weight excluding hydrogens is 570 g/mol. The molecule has 0 spiro atoms. The summed E-state index contributed by atoms with van der Waals surface area (Å²) in [6.07, 6.45) is 3.30. The van der Waals surface area contributed by atoms with Crippen LogP contribution in [0.4, 0.5) is 10.5 Å². The summed E-state index contributed by atoms with van der Waals surface area (Å²) in [6.45, 7) is -0.453. The van der Waals surface area contributed by atoms with E-state index in [1.165, 1.54) is 5.01 Å². The van der Waals surface area contributed by atoms with Gasteiger partial charge in [-0.15, -0.1) is 17.0 Å². The van der Waals surface area contributed by atoms with E-state index in [4.69, 9.17) is 0 Å². The number of rotatable bonds is 8. The quantitative estimate of drug-likeness (QED) is 0.119. The number of hydrogen-bond donors (Lipinski definition) is 4. The van der Waals surface area contributed by atoms with Crippen LogP contribution in [0.2, 0.25) is 0 Å². The molecule has 0 saturated heterocycles. The highest BCUT2D eigenvalue weighted by molar-refractivity contribution is 8.93. The van der Waals surface area contributed by atoms with Gasteiger partial charge in [0.15, 0.2) is 11.6 Å². The number of amides is 2. The predicted octanol–water partition coefficient (Wildman–Crippen LogP) is 6.48. The lowest BCUT2D eigenvalue weighted by Gasteiger charge is -2.23. The molecule has 40 heavy (non-hydrogen) atoms. The average molecular weight is 596 g/mol. The highest BCUT2D eigenvalue weighted by Gasteiger charge is 2.22. The Morgan fingerprint density at radius 2 is 1.20 bits per heavy atom. The van der Waals surface area contributed by atoms with Crippen LogP contribution >= 0.6 is 17.0 Å². The first-order valence-electron chi connectivity index (χ1n) is 12.6. The Morgan fingerprint density at radius 3 is 1.88 bits per heavy atom. The molecule has 8 nitrogen and oxygen atoms in total. The molecular formula is C31H26BrN5O3. The summed E-state index contributed by atoms with van der Waals surface area (Å²) < 4.78 is 0. The molecule has 6 rings (SSSR count). The molecule has 0 fully saturated rings. The fourth-order valence-corrected chi connectivity index (χ4v) is 4.81. The number of benzene rings is 4. The van der Waals surface area contributed by atoms with Crippen molar-refractivity contribution < 1.29 is 14.4 Å². The number of Topliss-reactive ketones (excluding diaryl/α,β-unsaturated/α-hetero) is 2. The first-order valence-corrected chi connectivity index (χ1v) is 12.6. The van der Waals surface area contributed by atoms with Crippen LogP contribution in [0, 0.1) is 0 Å². The van der Waals surface area contributed by atoms with Crippen molar-refractivity contribution in [1.29, 1.82) is 0 Å². The molecule has 2 aromatic heterocycles. The minimum absolute atomic E-state index is 0. The molecule has 0 unspecified atom stereocenters. The Morgan fingerprint density at radius 1 is 0.650 bits per heavy atom. The molecule has 9 heteroatoms. The first kappa shape index (κ1) is 26.9. The standard InChI is InChI=1S/C31H25N5O3.BrH/c37-29(24-16-32-26-13-5-3-11-22(24)26)18-34-36(19-30(38)25-17-33-27-14-6-4-12-23(25)27)31(39)35-28-15-7-9-20-8-1-2-10-21(20)28;/h1-17,32-34H,18-19H2,(H,35,39);1H. The number of nitrogens with zero attached hydrogens (tertiary/aromatic N) is 1. The van der Waals surface area contributed by atoms with E-state index >= 15 is 0 Å². The molecule has 2 amide bonds. The van der Waals surface area contributed by atoms with Crippen molar-refractivity contribution in [1.82, 2.24) is 20.4 Å². The number of aromatic nitrogens is 2. The predicted molar refractivity (Wildman–Crippen MR) is 163 cm³/mol. The monoisotopic (exact) mass is 595 g/mol. The normalized spacial score (nSPS) is 10.9. The zero-order valence-electron chi connectivity index (χ0n) is 21.3. The topological polar surface area (TPSA) is 110 Å². The van der Waals surface area contributed by atoms with Crippen molar-refractivity contribution >= 4 is 72.8 Å². The summed E-state index contributed by atoms with van der Waals surface area (Å²) in [5.41, 5.74) is 6.17. The van der Waals surface area contributed by atoms with Crippen molar-refractivity contribution in [3.63, 3.8) is 0 Å². The number of H-pyrrole nitrogens is 2. The molecule has 4 N–H and O–H groups in total. The zero-order valence-corrected chi connectivity index (χ0v) is 23.0. The number of para-hydroxylation sites is 2. The Hall–Kier alpha value is -4.73. The number of ketones is 2. The molecule has 200 valence electrons. The van der Waals surface area contributed by atoms with Gasteiger partial charge in [-0.05, 0) is 23.6 Å². The van der Waals surface area contributed by atoms with E-state index in [1.54, 1.807) is 18.5 Å². The number of hydrogen-bond acceptors (Lipinski definition) is 4. The fraction of sp³-hybridized carbons (Fsp3) is 0.0645. The summed E-state index contributed by atoms with van der Waals surface area (Å²) in [5.74, 6) is -0.484. The van der Waals surface area contributed by atoms with Crippen LogP contribution in [-0.4, -0.2) is 45.7 Å². The second-order valence-electron chi connectivity index (χ2n) is 9.22. The molecule has 6 aromatic rings. The maximum Gasteiger partial charge on any atom is 0.336 e. The molecule has 2 heterocycles. The number of hydrazine groups is 1. The number of carbonyl (C=O) groups excluding carboxylic acids is 3. The maximum absolute atomic E-state index is 13.5. The van der Waals surface area contributed by atoms with Crippen LogP contribution in [0.1, 0.15) is 20.7 Å². The van der Waals surface area contributed by atoms with Crippen LogP contribution in [0.5, 0.6) is 0 Å². The number of halogens is 1. The van der Waals surface area contributed by atoms with Crippen molar-refractivity contribution in [3.8, 4) is 0 Å². The third-order valence-corrected chi connectivity index (χ3v) is 6.79. The van der Waals surface area contributed by atoms with Gasteiger partial charge in [0, 0.05) is 50.7 Å². The highest BCUT2D eigenvalue weighted by atomic mass is 79.9. The van der Waals surface area contributed by atoms with Gasteiger partial charge in [0.2, 0.25) is 0 Å². The van der Waals surface area contributed by atoms with Crippen molar-refractivity contribution in [2.24, 2.45) is 0 Å². The van der Waals surface area contributed by atoms with Gasteiger partial charge in [-0.2, -0.15) is 0 Å². The minimum atomic E-state index is -0.550. The van der Waals surface area contributed by atoms with Gasteiger partial charge in [0.1, 0.15) is 6.54 Å². The van der Waals surface area contributed by atoms with E-state index in [2.05, 4.69) is 20.7 Å². The lowest BCUT2D eigenvalue weighted by Crippen LogP contribution is -2.49.